The topological polar surface area (TPSA) is 38.9 Å². The van der Waals surface area contributed by atoms with Gasteiger partial charge in [-0.15, -0.1) is 0 Å². The molecule has 2 N–H and O–H groups in total. The second-order valence-electron chi connectivity index (χ2n) is 2.93. The Labute approximate surface area is 81.2 Å². The van der Waals surface area contributed by atoms with Crippen LogP contribution in [0.5, 0.6) is 0 Å². The van der Waals surface area contributed by atoms with Crippen molar-refractivity contribution < 1.29 is 4.39 Å². The van der Waals surface area contributed by atoms with Crippen LogP contribution in [-0.4, -0.2) is 4.98 Å². The fourth-order valence-electron chi connectivity index (χ4n) is 1.32. The number of benzene rings is 1. The summed E-state index contributed by atoms with van der Waals surface area (Å²) in [6, 6.07) is 11.1. The predicted octanol–water partition coefficient (Wildman–Crippen LogP) is 2.47. The van der Waals surface area contributed by atoms with Crippen molar-refractivity contribution in [2.75, 3.05) is 5.73 Å². The molecule has 1 aromatic carbocycles. The molecule has 2 rings (SSSR count). The van der Waals surface area contributed by atoms with E-state index in [1.54, 1.807) is 6.07 Å². The van der Waals surface area contributed by atoms with Crippen molar-refractivity contribution in [2.45, 2.75) is 0 Å². The first-order valence-electron chi connectivity index (χ1n) is 4.24. The molecule has 70 valence electrons. The number of nitrogen functional groups attached to an aromatic ring is 1. The Balaban J connectivity index is 2.58. The number of anilines is 1. The number of hydrogen-bond donors (Lipinski definition) is 1. The molecule has 1 aromatic heterocycles. The van der Waals surface area contributed by atoms with E-state index in [-0.39, 0.29) is 5.69 Å². The van der Waals surface area contributed by atoms with Gasteiger partial charge in [-0.3, -0.25) is 0 Å². The largest absolute Gasteiger partial charge is 0.395 e. The van der Waals surface area contributed by atoms with Crippen molar-refractivity contribution in [3.05, 3.63) is 48.5 Å². The van der Waals surface area contributed by atoms with Crippen molar-refractivity contribution >= 4 is 5.69 Å². The van der Waals surface area contributed by atoms with Gasteiger partial charge in [-0.05, 0) is 11.6 Å². The van der Waals surface area contributed by atoms with E-state index in [1.165, 1.54) is 6.20 Å². The highest BCUT2D eigenvalue weighted by Crippen LogP contribution is 2.25. The first-order chi connectivity index (χ1) is 6.79. The second kappa shape index (κ2) is 3.46. The molecule has 0 radical (unpaired) electrons. The fourth-order valence-corrected chi connectivity index (χ4v) is 1.32. The molecule has 0 unspecified atom stereocenters. The monoisotopic (exact) mass is 188 g/mol. The maximum Gasteiger partial charge on any atom is 0.236 e. The number of rotatable bonds is 1. The lowest BCUT2D eigenvalue weighted by Crippen LogP contribution is -1.96. The fraction of sp³-hybridized carbons (Fsp3) is 0. The predicted molar refractivity (Wildman–Crippen MR) is 54.0 cm³/mol. The van der Waals surface area contributed by atoms with Gasteiger partial charge >= 0.3 is 0 Å². The van der Waals surface area contributed by atoms with Crippen molar-refractivity contribution in [3.63, 3.8) is 0 Å². The first kappa shape index (κ1) is 8.69. The van der Waals surface area contributed by atoms with Crippen LogP contribution >= 0.6 is 0 Å². The molecule has 0 fully saturated rings. The Kier molecular flexibility index (Phi) is 2.14. The maximum absolute atomic E-state index is 13.0. The molecule has 0 aliphatic rings. The molecule has 0 aliphatic carbocycles. The van der Waals surface area contributed by atoms with Gasteiger partial charge in [0.15, 0.2) is 0 Å². The Morgan fingerprint density at radius 1 is 1.07 bits per heavy atom. The van der Waals surface area contributed by atoms with Crippen molar-refractivity contribution in [3.8, 4) is 11.1 Å². The summed E-state index contributed by atoms with van der Waals surface area (Å²) in [5, 5.41) is 0. The number of aromatic nitrogens is 1. The minimum atomic E-state index is -0.619. The summed E-state index contributed by atoms with van der Waals surface area (Å²) >= 11 is 0. The van der Waals surface area contributed by atoms with Crippen LogP contribution in [0.1, 0.15) is 0 Å². The molecule has 0 saturated heterocycles. The van der Waals surface area contributed by atoms with Crippen LogP contribution in [0.4, 0.5) is 10.1 Å². The van der Waals surface area contributed by atoms with E-state index < -0.39 is 5.95 Å². The highest BCUT2D eigenvalue weighted by molar-refractivity contribution is 5.75. The van der Waals surface area contributed by atoms with E-state index >= 15 is 0 Å². The molecule has 2 aromatic rings. The van der Waals surface area contributed by atoms with E-state index in [2.05, 4.69) is 4.98 Å². The Hall–Kier alpha value is -1.90. The zero-order valence-electron chi connectivity index (χ0n) is 7.44. The summed E-state index contributed by atoms with van der Waals surface area (Å²) in [6.07, 6.45) is 1.41. The molecule has 2 nitrogen and oxygen atoms in total. The van der Waals surface area contributed by atoms with Gasteiger partial charge in [0.1, 0.15) is 0 Å². The van der Waals surface area contributed by atoms with E-state index in [0.717, 1.165) is 5.56 Å². The Morgan fingerprint density at radius 2 is 1.79 bits per heavy atom. The zero-order chi connectivity index (χ0) is 9.97. The minimum absolute atomic E-state index is 0.0960. The quantitative estimate of drug-likeness (QED) is 0.698. The van der Waals surface area contributed by atoms with Gasteiger partial charge in [0.25, 0.3) is 0 Å². The van der Waals surface area contributed by atoms with Crippen molar-refractivity contribution in [1.29, 1.82) is 0 Å². The molecular weight excluding hydrogens is 179 g/mol. The molecule has 0 saturated carbocycles. The van der Waals surface area contributed by atoms with Crippen LogP contribution in [0, 0.1) is 5.95 Å². The van der Waals surface area contributed by atoms with Crippen LogP contribution in [0.25, 0.3) is 11.1 Å². The number of hydrogen-bond acceptors (Lipinski definition) is 2. The van der Waals surface area contributed by atoms with Gasteiger partial charge < -0.3 is 5.73 Å². The normalized spacial score (nSPS) is 10.1. The zero-order valence-corrected chi connectivity index (χ0v) is 7.44. The summed E-state index contributed by atoms with van der Waals surface area (Å²) in [5.41, 5.74) is 7.25. The summed E-state index contributed by atoms with van der Waals surface area (Å²) in [6.45, 7) is 0. The molecule has 14 heavy (non-hydrogen) atoms. The maximum atomic E-state index is 13.0. The van der Waals surface area contributed by atoms with Gasteiger partial charge in [0.2, 0.25) is 5.95 Å². The van der Waals surface area contributed by atoms with Gasteiger partial charge in [0.05, 0.1) is 5.69 Å². The number of nitrogens with zero attached hydrogens (tertiary/aromatic N) is 1. The Bertz CT molecular complexity index is 440. The molecular formula is C11H9FN2. The second-order valence-corrected chi connectivity index (χ2v) is 2.93. The molecule has 0 spiro atoms. The Morgan fingerprint density at radius 3 is 2.50 bits per heavy atom. The standard InChI is InChI=1S/C11H9FN2/c12-11-10(13)9(6-7-14-11)8-4-2-1-3-5-8/h1-7H,13H2. The molecule has 0 amide bonds. The SMILES string of the molecule is Nc1c(-c2ccccc2)ccnc1F. The van der Waals surface area contributed by atoms with Gasteiger partial charge in [0, 0.05) is 11.8 Å². The molecule has 0 aliphatic heterocycles. The van der Waals surface area contributed by atoms with Crippen LogP contribution in [-0.2, 0) is 0 Å². The molecule has 0 atom stereocenters. The summed E-state index contributed by atoms with van der Waals surface area (Å²) in [4.78, 5) is 3.47. The summed E-state index contributed by atoms with van der Waals surface area (Å²) < 4.78 is 13.0. The van der Waals surface area contributed by atoms with Gasteiger partial charge in [-0.2, -0.15) is 4.39 Å². The minimum Gasteiger partial charge on any atom is -0.395 e. The van der Waals surface area contributed by atoms with Gasteiger partial charge in [-0.1, -0.05) is 30.3 Å². The van der Waals surface area contributed by atoms with E-state index in [0.29, 0.717) is 5.56 Å². The third kappa shape index (κ3) is 1.44. The molecule has 3 heteroatoms. The highest BCUT2D eigenvalue weighted by atomic mass is 19.1. The van der Waals surface area contributed by atoms with Crippen LogP contribution in [0.15, 0.2) is 42.6 Å². The lowest BCUT2D eigenvalue weighted by Gasteiger charge is -2.04. The smallest absolute Gasteiger partial charge is 0.236 e. The summed E-state index contributed by atoms with van der Waals surface area (Å²) in [7, 11) is 0. The highest BCUT2D eigenvalue weighted by Gasteiger charge is 2.06. The molecule has 0 bridgehead atoms. The van der Waals surface area contributed by atoms with Crippen LogP contribution in [0.3, 0.4) is 0 Å². The average Bonchev–Trinajstić information content (AvgIpc) is 2.23. The van der Waals surface area contributed by atoms with E-state index in [4.69, 9.17) is 5.73 Å². The number of halogens is 1. The average molecular weight is 188 g/mol. The third-order valence-corrected chi connectivity index (χ3v) is 2.03. The lowest BCUT2D eigenvalue weighted by molar-refractivity contribution is 0.589. The van der Waals surface area contributed by atoms with E-state index in [1.807, 2.05) is 30.3 Å². The van der Waals surface area contributed by atoms with E-state index in [9.17, 15) is 4.39 Å². The molecule has 1 heterocycles. The van der Waals surface area contributed by atoms with Gasteiger partial charge in [-0.25, -0.2) is 4.98 Å². The summed E-state index contributed by atoms with van der Waals surface area (Å²) in [5.74, 6) is -0.619. The number of nitrogens with two attached hydrogens (primary N) is 1. The van der Waals surface area contributed by atoms with Crippen molar-refractivity contribution in [2.24, 2.45) is 0 Å². The van der Waals surface area contributed by atoms with Crippen LogP contribution < -0.4 is 5.73 Å². The lowest BCUT2D eigenvalue weighted by atomic mass is 10.1. The van der Waals surface area contributed by atoms with Crippen LogP contribution in [0.2, 0.25) is 0 Å². The first-order valence-corrected chi connectivity index (χ1v) is 4.24. The third-order valence-electron chi connectivity index (χ3n) is 2.03. The number of pyridine rings is 1. The van der Waals surface area contributed by atoms with Crippen molar-refractivity contribution in [1.82, 2.24) is 4.98 Å².